The van der Waals surface area contributed by atoms with Crippen LogP contribution in [0.15, 0.2) is 36.5 Å². The van der Waals surface area contributed by atoms with Crippen molar-refractivity contribution in [2.24, 2.45) is 0 Å². The van der Waals surface area contributed by atoms with E-state index in [9.17, 15) is 9.59 Å². The Kier molecular flexibility index (Phi) is 3.99. The van der Waals surface area contributed by atoms with Crippen LogP contribution in [0.4, 0.5) is 5.69 Å². The Morgan fingerprint density at radius 2 is 2.07 bits per heavy atom. The average Bonchev–Trinajstić information content (AvgIpc) is 3.33. The SMILES string of the molecule is CC1(C)CN(c2cnn3c2CN(C(=O)c2cc4ccccc4[nH]2)CC3)C(=O)CO1. The molecule has 1 fully saturated rings. The van der Waals surface area contributed by atoms with Crippen molar-refractivity contribution in [2.75, 3.05) is 24.6 Å². The molecule has 1 saturated heterocycles. The Morgan fingerprint density at radius 1 is 1.24 bits per heavy atom. The lowest BCUT2D eigenvalue weighted by Crippen LogP contribution is -2.52. The number of rotatable bonds is 2. The second-order valence-corrected chi connectivity index (χ2v) is 8.22. The first-order chi connectivity index (χ1) is 13.9. The Balaban J connectivity index is 1.42. The van der Waals surface area contributed by atoms with Gasteiger partial charge in [0.1, 0.15) is 12.3 Å². The van der Waals surface area contributed by atoms with Crippen molar-refractivity contribution in [3.8, 4) is 0 Å². The predicted molar refractivity (Wildman–Crippen MR) is 108 cm³/mol. The van der Waals surface area contributed by atoms with Crippen LogP contribution < -0.4 is 4.90 Å². The summed E-state index contributed by atoms with van der Waals surface area (Å²) in [6, 6.07) is 9.73. The summed E-state index contributed by atoms with van der Waals surface area (Å²) in [4.78, 5) is 32.4. The van der Waals surface area contributed by atoms with E-state index in [1.54, 1.807) is 16.0 Å². The molecule has 0 atom stereocenters. The quantitative estimate of drug-likeness (QED) is 0.723. The van der Waals surface area contributed by atoms with E-state index in [0.717, 1.165) is 22.3 Å². The zero-order valence-electron chi connectivity index (χ0n) is 16.5. The van der Waals surface area contributed by atoms with Crippen molar-refractivity contribution < 1.29 is 14.3 Å². The van der Waals surface area contributed by atoms with Crippen LogP contribution in [0.25, 0.3) is 10.9 Å². The Labute approximate surface area is 168 Å². The molecule has 2 aromatic heterocycles. The monoisotopic (exact) mass is 393 g/mol. The Hall–Kier alpha value is -3.13. The number of anilines is 1. The molecule has 1 N–H and O–H groups in total. The molecule has 29 heavy (non-hydrogen) atoms. The van der Waals surface area contributed by atoms with Gasteiger partial charge in [-0.25, -0.2) is 0 Å². The van der Waals surface area contributed by atoms with Gasteiger partial charge in [0.15, 0.2) is 0 Å². The molecule has 0 unspecified atom stereocenters. The highest BCUT2D eigenvalue weighted by Crippen LogP contribution is 2.30. The van der Waals surface area contributed by atoms with E-state index in [2.05, 4.69) is 10.1 Å². The zero-order valence-corrected chi connectivity index (χ0v) is 16.5. The van der Waals surface area contributed by atoms with E-state index in [-0.39, 0.29) is 18.4 Å². The molecular formula is C21H23N5O3. The van der Waals surface area contributed by atoms with E-state index in [1.165, 1.54) is 0 Å². The Bertz CT molecular complexity index is 1080. The maximum Gasteiger partial charge on any atom is 0.270 e. The smallest absolute Gasteiger partial charge is 0.270 e. The number of aromatic nitrogens is 3. The number of carbonyl (C=O) groups excluding carboxylic acids is 2. The van der Waals surface area contributed by atoms with Gasteiger partial charge >= 0.3 is 0 Å². The number of benzene rings is 1. The highest BCUT2D eigenvalue weighted by molar-refractivity contribution is 5.98. The zero-order chi connectivity index (χ0) is 20.2. The first-order valence-corrected chi connectivity index (χ1v) is 9.77. The number of hydrogen-bond donors (Lipinski definition) is 1. The molecular weight excluding hydrogens is 370 g/mol. The van der Waals surface area contributed by atoms with Crippen molar-refractivity contribution in [1.29, 1.82) is 0 Å². The summed E-state index contributed by atoms with van der Waals surface area (Å²) in [7, 11) is 0. The van der Waals surface area contributed by atoms with Gasteiger partial charge in [0.05, 0.1) is 42.8 Å². The van der Waals surface area contributed by atoms with Gasteiger partial charge in [-0.15, -0.1) is 0 Å². The first kappa shape index (κ1) is 17.9. The summed E-state index contributed by atoms with van der Waals surface area (Å²) in [6.07, 6.45) is 1.73. The summed E-state index contributed by atoms with van der Waals surface area (Å²) in [5, 5.41) is 5.47. The van der Waals surface area contributed by atoms with Crippen molar-refractivity contribution in [3.05, 3.63) is 47.9 Å². The van der Waals surface area contributed by atoms with Crippen LogP contribution in [0.5, 0.6) is 0 Å². The van der Waals surface area contributed by atoms with Crippen LogP contribution in [-0.2, 0) is 22.6 Å². The molecule has 0 aliphatic carbocycles. The number of para-hydroxylation sites is 1. The van der Waals surface area contributed by atoms with Crippen molar-refractivity contribution in [1.82, 2.24) is 19.7 Å². The molecule has 2 amide bonds. The van der Waals surface area contributed by atoms with Crippen LogP contribution in [0.3, 0.4) is 0 Å². The van der Waals surface area contributed by atoms with E-state index >= 15 is 0 Å². The fourth-order valence-electron chi connectivity index (χ4n) is 4.06. The second kappa shape index (κ2) is 6.45. The van der Waals surface area contributed by atoms with Crippen LogP contribution in [-0.4, -0.2) is 56.8 Å². The van der Waals surface area contributed by atoms with Gasteiger partial charge in [0.2, 0.25) is 0 Å². The van der Waals surface area contributed by atoms with Gasteiger partial charge in [-0.05, 0) is 26.0 Å². The first-order valence-electron chi connectivity index (χ1n) is 9.77. The summed E-state index contributed by atoms with van der Waals surface area (Å²) in [6.45, 7) is 6.03. The van der Waals surface area contributed by atoms with E-state index in [4.69, 9.17) is 4.74 Å². The maximum atomic E-state index is 13.1. The molecule has 0 radical (unpaired) electrons. The maximum absolute atomic E-state index is 13.1. The number of aromatic amines is 1. The summed E-state index contributed by atoms with van der Waals surface area (Å²) < 4.78 is 7.50. The molecule has 8 nitrogen and oxygen atoms in total. The lowest BCUT2D eigenvalue weighted by molar-refractivity contribution is -0.135. The number of ether oxygens (including phenoxy) is 1. The fraction of sp³-hybridized carbons (Fsp3) is 0.381. The van der Waals surface area contributed by atoms with Gasteiger partial charge in [0.25, 0.3) is 11.8 Å². The standard InChI is InChI=1S/C21H23N5O3/c1-21(2)13-25(19(27)12-29-21)17-10-22-26-8-7-24(11-18(17)26)20(28)16-9-14-5-3-4-6-15(14)23-16/h3-6,9-10,23H,7-8,11-13H2,1-2H3. The predicted octanol–water partition coefficient (Wildman–Crippen LogP) is 2.16. The summed E-state index contributed by atoms with van der Waals surface area (Å²) in [5.74, 6) is -0.132. The normalized spacial score (nSPS) is 18.9. The number of nitrogens with zero attached hydrogens (tertiary/aromatic N) is 4. The van der Waals surface area contributed by atoms with Crippen LogP contribution in [0.1, 0.15) is 30.0 Å². The van der Waals surface area contributed by atoms with E-state index in [0.29, 0.717) is 31.9 Å². The second-order valence-electron chi connectivity index (χ2n) is 8.22. The van der Waals surface area contributed by atoms with Crippen molar-refractivity contribution in [3.63, 3.8) is 0 Å². The van der Waals surface area contributed by atoms with Crippen molar-refractivity contribution in [2.45, 2.75) is 32.5 Å². The minimum atomic E-state index is -0.419. The molecule has 3 aromatic rings. The average molecular weight is 393 g/mol. The molecule has 8 heteroatoms. The van der Waals surface area contributed by atoms with Gasteiger partial charge in [-0.3, -0.25) is 14.3 Å². The molecule has 2 aliphatic rings. The number of nitrogens with one attached hydrogen (secondary N) is 1. The third kappa shape index (κ3) is 3.09. The van der Waals surface area contributed by atoms with Gasteiger partial charge in [-0.1, -0.05) is 18.2 Å². The highest BCUT2D eigenvalue weighted by Gasteiger charge is 2.36. The van der Waals surface area contributed by atoms with Gasteiger partial charge in [-0.2, -0.15) is 5.10 Å². The molecule has 0 spiro atoms. The number of morpholine rings is 1. The van der Waals surface area contributed by atoms with E-state index in [1.807, 2.05) is 48.9 Å². The van der Waals surface area contributed by atoms with Crippen molar-refractivity contribution >= 4 is 28.4 Å². The molecule has 5 rings (SSSR count). The van der Waals surface area contributed by atoms with Crippen LogP contribution >= 0.6 is 0 Å². The van der Waals surface area contributed by atoms with Crippen LogP contribution in [0, 0.1) is 0 Å². The Morgan fingerprint density at radius 3 is 2.90 bits per heavy atom. The molecule has 4 heterocycles. The third-order valence-electron chi connectivity index (χ3n) is 5.61. The summed E-state index contributed by atoms with van der Waals surface area (Å²) in [5.41, 5.74) is 2.74. The largest absolute Gasteiger partial charge is 0.364 e. The molecule has 2 aliphatic heterocycles. The van der Waals surface area contributed by atoms with Crippen LogP contribution in [0.2, 0.25) is 0 Å². The van der Waals surface area contributed by atoms with Gasteiger partial charge in [0, 0.05) is 17.4 Å². The number of fused-ring (bicyclic) bond motifs is 2. The third-order valence-corrected chi connectivity index (χ3v) is 5.61. The lowest BCUT2D eigenvalue weighted by Gasteiger charge is -2.38. The van der Waals surface area contributed by atoms with Gasteiger partial charge < -0.3 is 19.5 Å². The molecule has 150 valence electrons. The highest BCUT2D eigenvalue weighted by atomic mass is 16.5. The minimum absolute atomic E-state index is 0.0479. The lowest BCUT2D eigenvalue weighted by atomic mass is 10.1. The topological polar surface area (TPSA) is 83.5 Å². The van der Waals surface area contributed by atoms with E-state index < -0.39 is 5.60 Å². The number of H-pyrrole nitrogens is 1. The minimum Gasteiger partial charge on any atom is -0.364 e. The number of hydrogen-bond acceptors (Lipinski definition) is 4. The number of amides is 2. The molecule has 0 saturated carbocycles. The molecule has 0 bridgehead atoms. The number of carbonyl (C=O) groups is 2. The fourth-order valence-corrected chi connectivity index (χ4v) is 4.06. The summed E-state index contributed by atoms with van der Waals surface area (Å²) >= 11 is 0. The molecule has 1 aromatic carbocycles.